The van der Waals surface area contributed by atoms with Gasteiger partial charge in [-0.25, -0.2) is 14.4 Å². The highest BCUT2D eigenvalue weighted by molar-refractivity contribution is 6.30. The molecule has 1 aromatic carbocycles. The molecule has 0 spiro atoms. The van der Waals surface area contributed by atoms with Gasteiger partial charge in [0.25, 0.3) is 5.91 Å². The first-order chi connectivity index (χ1) is 13.9. The number of halogens is 3. The summed E-state index contributed by atoms with van der Waals surface area (Å²) in [6.07, 6.45) is 3.67. The van der Waals surface area contributed by atoms with Gasteiger partial charge in [0.05, 0.1) is 16.3 Å². The van der Waals surface area contributed by atoms with E-state index in [0.29, 0.717) is 33.9 Å². The van der Waals surface area contributed by atoms with Crippen molar-refractivity contribution in [3.63, 3.8) is 0 Å². The highest BCUT2D eigenvalue weighted by Gasteiger charge is 2.25. The lowest BCUT2D eigenvalue weighted by molar-refractivity contribution is 0.0684. The van der Waals surface area contributed by atoms with Gasteiger partial charge in [-0.2, -0.15) is 0 Å². The van der Waals surface area contributed by atoms with Gasteiger partial charge in [-0.05, 0) is 56.0 Å². The number of nitrogens with one attached hydrogen (secondary N) is 1. The van der Waals surface area contributed by atoms with Crippen molar-refractivity contribution in [2.45, 2.75) is 26.7 Å². The molecule has 1 aliphatic rings. The summed E-state index contributed by atoms with van der Waals surface area (Å²) >= 11 is 5.81. The van der Waals surface area contributed by atoms with Crippen LogP contribution in [0.25, 0.3) is 11.0 Å². The Morgan fingerprint density at radius 2 is 2.10 bits per heavy atom. The first-order valence-electron chi connectivity index (χ1n) is 9.70. The van der Waals surface area contributed by atoms with Crippen molar-refractivity contribution in [3.8, 4) is 0 Å². The Morgan fingerprint density at radius 3 is 2.83 bits per heavy atom. The zero-order valence-corrected chi connectivity index (χ0v) is 18.4. The molecule has 1 atom stereocenters. The van der Waals surface area contributed by atoms with Crippen LogP contribution < -0.4 is 5.32 Å². The third-order valence-electron chi connectivity index (χ3n) is 5.23. The lowest BCUT2D eigenvalue weighted by Crippen LogP contribution is -2.39. The van der Waals surface area contributed by atoms with E-state index >= 15 is 0 Å². The van der Waals surface area contributed by atoms with Gasteiger partial charge in [-0.3, -0.25) is 4.79 Å². The number of piperidine rings is 1. The van der Waals surface area contributed by atoms with Crippen LogP contribution in [0.5, 0.6) is 0 Å². The summed E-state index contributed by atoms with van der Waals surface area (Å²) in [5, 5.41) is 3.97. The number of amides is 1. The number of pyridine rings is 2. The van der Waals surface area contributed by atoms with Crippen molar-refractivity contribution in [3.05, 3.63) is 58.6 Å². The van der Waals surface area contributed by atoms with Crippen molar-refractivity contribution in [1.82, 2.24) is 14.9 Å². The molecule has 4 rings (SSSR count). The summed E-state index contributed by atoms with van der Waals surface area (Å²) in [7, 11) is 0. The monoisotopic (exact) mass is 448 g/mol. The first kappa shape index (κ1) is 22.2. The first-order valence-corrected chi connectivity index (χ1v) is 10.1. The van der Waals surface area contributed by atoms with Crippen molar-refractivity contribution in [2.75, 3.05) is 18.4 Å². The van der Waals surface area contributed by atoms with E-state index in [2.05, 4.69) is 22.2 Å². The molecule has 2 aromatic heterocycles. The fourth-order valence-corrected chi connectivity index (χ4v) is 3.85. The number of hydrogen-bond donors (Lipinski definition) is 1. The highest BCUT2D eigenvalue weighted by Crippen LogP contribution is 2.31. The van der Waals surface area contributed by atoms with E-state index in [-0.39, 0.29) is 23.3 Å². The lowest BCUT2D eigenvalue weighted by Gasteiger charge is -2.31. The van der Waals surface area contributed by atoms with Gasteiger partial charge in [-0.15, -0.1) is 12.4 Å². The van der Waals surface area contributed by atoms with Crippen LogP contribution in [0.1, 0.15) is 35.8 Å². The molecule has 1 saturated heterocycles. The number of carbonyl (C=O) groups is 1. The smallest absolute Gasteiger partial charge is 0.257 e. The van der Waals surface area contributed by atoms with Crippen LogP contribution in [0.4, 0.5) is 15.8 Å². The van der Waals surface area contributed by atoms with Crippen LogP contribution in [-0.4, -0.2) is 33.9 Å². The second-order valence-corrected chi connectivity index (χ2v) is 8.03. The van der Waals surface area contributed by atoms with Crippen LogP contribution in [0.3, 0.4) is 0 Å². The number of anilines is 2. The molecule has 5 nitrogen and oxygen atoms in total. The number of aryl methyl sites for hydroxylation is 1. The predicted molar refractivity (Wildman–Crippen MR) is 121 cm³/mol. The largest absolute Gasteiger partial charge is 0.354 e. The number of hydrogen-bond acceptors (Lipinski definition) is 4. The third-order valence-corrected chi connectivity index (χ3v) is 5.54. The standard InChI is InChI=1S/C22H22ClFN4O.ClH/c1-13-4-3-9-28(12-13)22(29)17-11-25-21-16(7-5-14(2)26-21)20(17)27-15-6-8-18(23)19(24)10-15;/h5-8,10-11,13H,3-4,9,12H2,1-2H3,(H,25,26,27);1H. The minimum absolute atomic E-state index is 0. The van der Waals surface area contributed by atoms with E-state index in [1.165, 1.54) is 12.1 Å². The Morgan fingerprint density at radius 1 is 1.30 bits per heavy atom. The number of nitrogens with zero attached hydrogens (tertiary/aromatic N) is 3. The summed E-state index contributed by atoms with van der Waals surface area (Å²) in [6.45, 7) is 5.48. The third kappa shape index (κ3) is 4.50. The summed E-state index contributed by atoms with van der Waals surface area (Å²) in [5.41, 5.74) is 2.89. The van der Waals surface area contributed by atoms with Gasteiger partial charge in [-0.1, -0.05) is 18.5 Å². The maximum Gasteiger partial charge on any atom is 0.257 e. The Bertz CT molecular complexity index is 1090. The van der Waals surface area contributed by atoms with E-state index in [1.807, 2.05) is 24.0 Å². The Kier molecular flexibility index (Phi) is 6.78. The van der Waals surface area contributed by atoms with E-state index < -0.39 is 5.82 Å². The Balaban J connectivity index is 0.00000256. The lowest BCUT2D eigenvalue weighted by atomic mass is 9.99. The van der Waals surface area contributed by atoms with Gasteiger partial charge in [0.15, 0.2) is 5.65 Å². The number of fused-ring (bicyclic) bond motifs is 1. The van der Waals surface area contributed by atoms with Crippen molar-refractivity contribution in [1.29, 1.82) is 0 Å². The molecule has 1 fully saturated rings. The van der Waals surface area contributed by atoms with Gasteiger partial charge >= 0.3 is 0 Å². The molecule has 1 amide bonds. The van der Waals surface area contributed by atoms with Crippen LogP contribution in [0.15, 0.2) is 36.5 Å². The van der Waals surface area contributed by atoms with E-state index in [9.17, 15) is 9.18 Å². The summed E-state index contributed by atoms with van der Waals surface area (Å²) in [4.78, 5) is 24.1. The van der Waals surface area contributed by atoms with Crippen LogP contribution >= 0.6 is 24.0 Å². The second kappa shape index (κ2) is 9.14. The van der Waals surface area contributed by atoms with Crippen molar-refractivity contribution in [2.24, 2.45) is 5.92 Å². The molecule has 0 aliphatic carbocycles. The molecular weight excluding hydrogens is 426 g/mol. The zero-order valence-electron chi connectivity index (χ0n) is 16.8. The van der Waals surface area contributed by atoms with Gasteiger partial charge < -0.3 is 10.2 Å². The summed E-state index contributed by atoms with van der Waals surface area (Å²) in [6, 6.07) is 8.23. The minimum atomic E-state index is -0.526. The molecule has 1 aliphatic heterocycles. The normalized spacial score (nSPS) is 16.3. The molecular formula is C22H23Cl2FN4O. The highest BCUT2D eigenvalue weighted by atomic mass is 35.5. The molecule has 0 radical (unpaired) electrons. The average Bonchev–Trinajstić information content (AvgIpc) is 2.70. The fraction of sp³-hybridized carbons (Fsp3) is 0.318. The number of aromatic nitrogens is 2. The zero-order chi connectivity index (χ0) is 20.5. The number of rotatable bonds is 3. The molecule has 1 unspecified atom stereocenters. The summed E-state index contributed by atoms with van der Waals surface area (Å²) < 4.78 is 14.0. The van der Waals surface area contributed by atoms with Crippen molar-refractivity contribution >= 4 is 52.3 Å². The molecule has 8 heteroatoms. The average molecular weight is 449 g/mol. The van der Waals surface area contributed by atoms with Crippen LogP contribution in [0.2, 0.25) is 5.02 Å². The molecule has 1 N–H and O–H groups in total. The number of benzene rings is 1. The quantitative estimate of drug-likeness (QED) is 0.552. The maximum absolute atomic E-state index is 14.0. The molecule has 3 heterocycles. The summed E-state index contributed by atoms with van der Waals surface area (Å²) in [5.74, 6) is -0.141. The Hall–Kier alpha value is -2.44. The van der Waals surface area contributed by atoms with Crippen LogP contribution in [-0.2, 0) is 0 Å². The second-order valence-electron chi connectivity index (χ2n) is 7.62. The molecule has 0 saturated carbocycles. The number of likely N-dealkylation sites (tertiary alicyclic amines) is 1. The fourth-order valence-electron chi connectivity index (χ4n) is 3.73. The van der Waals surface area contributed by atoms with E-state index in [1.54, 1.807) is 12.3 Å². The minimum Gasteiger partial charge on any atom is -0.354 e. The van der Waals surface area contributed by atoms with Gasteiger partial charge in [0.1, 0.15) is 5.82 Å². The molecule has 0 bridgehead atoms. The van der Waals surface area contributed by atoms with Gasteiger partial charge in [0, 0.05) is 36.1 Å². The molecule has 158 valence electrons. The van der Waals surface area contributed by atoms with Crippen LogP contribution in [0, 0.1) is 18.7 Å². The van der Waals surface area contributed by atoms with Gasteiger partial charge in [0.2, 0.25) is 0 Å². The molecule has 3 aromatic rings. The SMILES string of the molecule is Cc1ccc2c(Nc3ccc(Cl)c(F)c3)c(C(=O)N3CCCC(C)C3)cnc2n1.Cl. The molecule has 30 heavy (non-hydrogen) atoms. The van der Waals surface area contributed by atoms with E-state index in [0.717, 1.165) is 31.6 Å². The van der Waals surface area contributed by atoms with E-state index in [4.69, 9.17) is 11.6 Å². The maximum atomic E-state index is 14.0. The predicted octanol–water partition coefficient (Wildman–Crippen LogP) is 5.77. The topological polar surface area (TPSA) is 58.1 Å². The Labute approximate surface area is 186 Å². The number of carbonyl (C=O) groups excluding carboxylic acids is 1. The van der Waals surface area contributed by atoms with Crippen molar-refractivity contribution < 1.29 is 9.18 Å².